The van der Waals surface area contributed by atoms with Gasteiger partial charge in [-0.05, 0) is 31.0 Å². The van der Waals surface area contributed by atoms with Crippen molar-refractivity contribution in [1.29, 1.82) is 0 Å². The summed E-state index contributed by atoms with van der Waals surface area (Å²) in [6, 6.07) is 7.23. The van der Waals surface area contributed by atoms with Crippen LogP contribution in [0.2, 0.25) is 0 Å². The van der Waals surface area contributed by atoms with Crippen LogP contribution >= 0.6 is 24.8 Å². The van der Waals surface area contributed by atoms with Crippen LogP contribution in [-0.2, 0) is 0 Å². The van der Waals surface area contributed by atoms with Crippen LogP contribution in [-0.4, -0.2) is 43.9 Å². The van der Waals surface area contributed by atoms with Gasteiger partial charge in [0.25, 0.3) is 0 Å². The largest absolute Gasteiger partial charge is 0.494 e. The summed E-state index contributed by atoms with van der Waals surface area (Å²) in [5.74, 6) is 0.715. The fourth-order valence-corrected chi connectivity index (χ4v) is 2.83. The van der Waals surface area contributed by atoms with E-state index < -0.39 is 12.6 Å². The highest BCUT2D eigenvalue weighted by molar-refractivity contribution is 5.85. The van der Waals surface area contributed by atoms with E-state index in [1.807, 2.05) is 31.2 Å². The summed E-state index contributed by atoms with van der Waals surface area (Å²) in [4.78, 5) is 2.13. The Labute approximate surface area is 153 Å². The van der Waals surface area contributed by atoms with Gasteiger partial charge in [-0.15, -0.1) is 24.8 Å². The molecule has 1 aliphatic rings. The van der Waals surface area contributed by atoms with E-state index in [0.717, 1.165) is 31.7 Å². The molecule has 0 amide bonds. The van der Waals surface area contributed by atoms with Gasteiger partial charge in [0, 0.05) is 38.6 Å². The number of hydrogen-bond acceptors (Lipinski definition) is 3. The van der Waals surface area contributed by atoms with E-state index in [2.05, 4.69) is 10.2 Å². The van der Waals surface area contributed by atoms with Crippen LogP contribution in [0, 0.1) is 0 Å². The number of rotatable bonds is 6. The van der Waals surface area contributed by atoms with Crippen molar-refractivity contribution in [3.8, 4) is 5.75 Å². The Hall–Kier alpha value is -0.690. The van der Waals surface area contributed by atoms with Gasteiger partial charge in [0.1, 0.15) is 5.75 Å². The molecule has 1 aliphatic heterocycles. The standard InChI is InChI=1S/C16H23F3N2O.2ClH/c1-2-22-14-5-3-4-13(12-14)15(6-7-16(17,18)19)21-10-8-20-9-11-21;;/h3-5,12,15,20H,2,6-11H2,1H3;2*1H/t15-;;/m1../s1. The molecule has 0 spiro atoms. The summed E-state index contributed by atoms with van der Waals surface area (Å²) < 4.78 is 43.4. The monoisotopic (exact) mass is 388 g/mol. The van der Waals surface area contributed by atoms with Crippen molar-refractivity contribution < 1.29 is 17.9 Å². The van der Waals surface area contributed by atoms with E-state index >= 15 is 0 Å². The molecule has 1 fully saturated rings. The first-order valence-electron chi connectivity index (χ1n) is 7.74. The zero-order chi connectivity index (χ0) is 16.0. The van der Waals surface area contributed by atoms with Crippen LogP contribution < -0.4 is 10.1 Å². The molecule has 1 heterocycles. The topological polar surface area (TPSA) is 24.5 Å². The molecule has 1 aromatic carbocycles. The lowest BCUT2D eigenvalue weighted by Gasteiger charge is -2.35. The summed E-state index contributed by atoms with van der Waals surface area (Å²) in [5, 5.41) is 3.24. The van der Waals surface area contributed by atoms with Gasteiger partial charge in [0.15, 0.2) is 0 Å². The predicted octanol–water partition coefficient (Wildman–Crippen LogP) is 4.22. The molecule has 1 N–H and O–H groups in total. The lowest BCUT2D eigenvalue weighted by atomic mass is 9.99. The lowest BCUT2D eigenvalue weighted by Crippen LogP contribution is -2.45. The van der Waals surface area contributed by atoms with Crippen molar-refractivity contribution in [3.05, 3.63) is 29.8 Å². The number of nitrogens with one attached hydrogen (secondary N) is 1. The second-order valence-corrected chi connectivity index (χ2v) is 5.46. The van der Waals surface area contributed by atoms with Gasteiger partial charge < -0.3 is 10.1 Å². The first kappa shape index (κ1) is 23.3. The summed E-state index contributed by atoms with van der Waals surface area (Å²) in [7, 11) is 0. The van der Waals surface area contributed by atoms with Crippen LogP contribution in [0.25, 0.3) is 0 Å². The first-order valence-corrected chi connectivity index (χ1v) is 7.74. The number of alkyl halides is 3. The highest BCUT2D eigenvalue weighted by atomic mass is 35.5. The van der Waals surface area contributed by atoms with Crippen molar-refractivity contribution in [2.75, 3.05) is 32.8 Å². The second kappa shape index (κ2) is 11.0. The predicted molar refractivity (Wildman–Crippen MR) is 94.6 cm³/mol. The number of benzene rings is 1. The molecule has 1 atom stereocenters. The quantitative estimate of drug-likeness (QED) is 0.789. The highest BCUT2D eigenvalue weighted by Gasteiger charge is 2.31. The maximum absolute atomic E-state index is 12.6. The summed E-state index contributed by atoms with van der Waals surface area (Å²) >= 11 is 0. The molecule has 140 valence electrons. The highest BCUT2D eigenvalue weighted by Crippen LogP contribution is 2.33. The number of hydrogen-bond donors (Lipinski definition) is 1. The van der Waals surface area contributed by atoms with E-state index in [1.165, 1.54) is 0 Å². The number of piperazine rings is 1. The van der Waals surface area contributed by atoms with E-state index in [4.69, 9.17) is 4.74 Å². The Morgan fingerprint density at radius 1 is 1.21 bits per heavy atom. The van der Waals surface area contributed by atoms with Crippen LogP contribution in [0.15, 0.2) is 24.3 Å². The lowest BCUT2D eigenvalue weighted by molar-refractivity contribution is -0.138. The van der Waals surface area contributed by atoms with E-state index in [9.17, 15) is 13.2 Å². The summed E-state index contributed by atoms with van der Waals surface area (Å²) in [5.41, 5.74) is 0.900. The Bertz CT molecular complexity index is 469. The second-order valence-electron chi connectivity index (χ2n) is 5.46. The maximum Gasteiger partial charge on any atom is 0.389 e. The minimum Gasteiger partial charge on any atom is -0.494 e. The van der Waals surface area contributed by atoms with Gasteiger partial charge >= 0.3 is 6.18 Å². The van der Waals surface area contributed by atoms with Crippen LogP contribution in [0.5, 0.6) is 5.75 Å². The van der Waals surface area contributed by atoms with Crippen molar-refractivity contribution in [1.82, 2.24) is 10.2 Å². The molecular weight excluding hydrogens is 364 g/mol. The normalized spacial score (nSPS) is 16.7. The van der Waals surface area contributed by atoms with Gasteiger partial charge in [-0.3, -0.25) is 4.90 Å². The van der Waals surface area contributed by atoms with E-state index in [1.54, 1.807) is 0 Å². The minimum absolute atomic E-state index is 0. The Morgan fingerprint density at radius 3 is 2.46 bits per heavy atom. The molecule has 1 aromatic rings. The fourth-order valence-electron chi connectivity index (χ4n) is 2.83. The molecule has 24 heavy (non-hydrogen) atoms. The maximum atomic E-state index is 12.6. The van der Waals surface area contributed by atoms with Crippen molar-refractivity contribution in [3.63, 3.8) is 0 Å². The summed E-state index contributed by atoms with van der Waals surface area (Å²) in [6.45, 7) is 5.60. The molecule has 3 nitrogen and oxygen atoms in total. The fraction of sp³-hybridized carbons (Fsp3) is 0.625. The van der Waals surface area contributed by atoms with Gasteiger partial charge in [0.05, 0.1) is 6.61 Å². The third-order valence-electron chi connectivity index (χ3n) is 3.85. The van der Waals surface area contributed by atoms with Gasteiger partial charge in [-0.2, -0.15) is 13.2 Å². The molecule has 0 aromatic heterocycles. The molecule has 0 bridgehead atoms. The van der Waals surface area contributed by atoms with Crippen LogP contribution in [0.1, 0.15) is 31.4 Å². The zero-order valence-corrected chi connectivity index (χ0v) is 15.3. The average molecular weight is 389 g/mol. The first-order chi connectivity index (χ1) is 10.5. The molecule has 2 rings (SSSR count). The Morgan fingerprint density at radius 2 is 1.88 bits per heavy atom. The number of nitrogens with zero attached hydrogens (tertiary/aromatic N) is 1. The molecule has 0 aliphatic carbocycles. The molecule has 8 heteroatoms. The van der Waals surface area contributed by atoms with E-state index in [0.29, 0.717) is 12.4 Å². The molecule has 0 unspecified atom stereocenters. The van der Waals surface area contributed by atoms with E-state index in [-0.39, 0.29) is 37.3 Å². The van der Waals surface area contributed by atoms with Crippen molar-refractivity contribution in [2.45, 2.75) is 32.0 Å². The van der Waals surface area contributed by atoms with Gasteiger partial charge in [0.2, 0.25) is 0 Å². The Kier molecular flexibility index (Phi) is 10.7. The Balaban J connectivity index is 0.00000264. The third kappa shape index (κ3) is 7.47. The summed E-state index contributed by atoms with van der Waals surface area (Å²) in [6.07, 6.45) is -4.80. The van der Waals surface area contributed by atoms with Crippen molar-refractivity contribution in [2.24, 2.45) is 0 Å². The number of ether oxygens (including phenoxy) is 1. The van der Waals surface area contributed by atoms with Gasteiger partial charge in [-0.1, -0.05) is 12.1 Å². The molecule has 1 saturated heterocycles. The van der Waals surface area contributed by atoms with Crippen LogP contribution in [0.3, 0.4) is 0 Å². The van der Waals surface area contributed by atoms with Crippen LogP contribution in [0.4, 0.5) is 13.2 Å². The SMILES string of the molecule is CCOc1cccc([C@@H](CCC(F)(F)F)N2CCNCC2)c1.Cl.Cl. The average Bonchev–Trinajstić information content (AvgIpc) is 2.48. The number of halogens is 5. The molecular formula is C16H25Cl2F3N2O. The minimum atomic E-state index is -4.12. The van der Waals surface area contributed by atoms with Gasteiger partial charge in [-0.25, -0.2) is 0 Å². The molecule has 0 saturated carbocycles. The third-order valence-corrected chi connectivity index (χ3v) is 3.85. The zero-order valence-electron chi connectivity index (χ0n) is 13.6. The smallest absolute Gasteiger partial charge is 0.389 e. The molecule has 0 radical (unpaired) electrons. The van der Waals surface area contributed by atoms with Crippen molar-refractivity contribution >= 4 is 24.8 Å².